The van der Waals surface area contributed by atoms with E-state index in [-0.39, 0.29) is 11.8 Å². The van der Waals surface area contributed by atoms with Gasteiger partial charge in [-0.15, -0.1) is 0 Å². The molecule has 0 bridgehead atoms. The van der Waals surface area contributed by atoms with Gasteiger partial charge in [0.05, 0.1) is 6.04 Å². The number of nitrogens with two attached hydrogens (primary N) is 1. The predicted molar refractivity (Wildman–Crippen MR) is 66.5 cm³/mol. The quantitative estimate of drug-likeness (QED) is 0.779. The molecule has 0 heterocycles. The fourth-order valence-electron chi connectivity index (χ4n) is 1.31. The molecule has 1 atom stereocenters. The first-order valence-electron chi connectivity index (χ1n) is 5.00. The van der Waals surface area contributed by atoms with Gasteiger partial charge in [0, 0.05) is 5.56 Å². The molecule has 0 amide bonds. The summed E-state index contributed by atoms with van der Waals surface area (Å²) in [6, 6.07) is 7.20. The minimum absolute atomic E-state index is 0.0454. The van der Waals surface area contributed by atoms with Crippen molar-refractivity contribution in [1.82, 2.24) is 0 Å². The zero-order chi connectivity index (χ0) is 11.3. The van der Waals surface area contributed by atoms with Crippen LogP contribution in [0.25, 0.3) is 0 Å². The first-order chi connectivity index (χ1) is 7.15. The molecule has 0 radical (unpaired) electrons. The number of hydrogen-bond donors (Lipinski definition) is 1. The second kappa shape index (κ2) is 5.93. The van der Waals surface area contributed by atoms with E-state index in [2.05, 4.69) is 0 Å². The Morgan fingerprint density at radius 2 is 2.00 bits per heavy atom. The summed E-state index contributed by atoms with van der Waals surface area (Å²) in [6.45, 7) is 2.00. The number of thioether (sulfide) groups is 1. The number of benzene rings is 1. The molecule has 3 heteroatoms. The van der Waals surface area contributed by atoms with Crippen LogP contribution in [0.5, 0.6) is 0 Å². The minimum atomic E-state index is -0.361. The molecular formula is C12H17NOS. The smallest absolute Gasteiger partial charge is 0.179 e. The Balaban J connectivity index is 2.63. The maximum absolute atomic E-state index is 11.8. The number of carbonyl (C=O) groups excluding carboxylic acids is 1. The van der Waals surface area contributed by atoms with E-state index in [4.69, 9.17) is 5.73 Å². The highest BCUT2D eigenvalue weighted by Crippen LogP contribution is 2.08. The van der Waals surface area contributed by atoms with E-state index in [9.17, 15) is 4.79 Å². The van der Waals surface area contributed by atoms with Crippen LogP contribution in [-0.2, 0) is 0 Å². The second-order valence-electron chi connectivity index (χ2n) is 3.62. The molecule has 0 unspecified atom stereocenters. The summed E-state index contributed by atoms with van der Waals surface area (Å²) in [5, 5.41) is 0. The van der Waals surface area contributed by atoms with Crippen LogP contribution in [0.1, 0.15) is 22.3 Å². The van der Waals surface area contributed by atoms with Gasteiger partial charge in [0.1, 0.15) is 0 Å². The second-order valence-corrected chi connectivity index (χ2v) is 4.60. The van der Waals surface area contributed by atoms with Crippen LogP contribution < -0.4 is 5.73 Å². The van der Waals surface area contributed by atoms with Gasteiger partial charge in [-0.05, 0) is 25.4 Å². The van der Waals surface area contributed by atoms with Crippen LogP contribution in [0.2, 0.25) is 0 Å². The first kappa shape index (κ1) is 12.3. The van der Waals surface area contributed by atoms with Crippen molar-refractivity contribution in [3.8, 4) is 0 Å². The van der Waals surface area contributed by atoms with Crippen molar-refractivity contribution in [2.45, 2.75) is 19.4 Å². The zero-order valence-electron chi connectivity index (χ0n) is 9.19. The van der Waals surface area contributed by atoms with Crippen molar-refractivity contribution in [2.24, 2.45) is 5.73 Å². The van der Waals surface area contributed by atoms with Crippen molar-refractivity contribution in [1.29, 1.82) is 0 Å². The third-order valence-electron chi connectivity index (χ3n) is 2.31. The molecule has 1 aromatic carbocycles. The molecular weight excluding hydrogens is 206 g/mol. The minimum Gasteiger partial charge on any atom is -0.321 e. The van der Waals surface area contributed by atoms with Gasteiger partial charge in [0.2, 0.25) is 0 Å². The maximum atomic E-state index is 11.8. The van der Waals surface area contributed by atoms with Gasteiger partial charge in [-0.2, -0.15) is 11.8 Å². The summed E-state index contributed by atoms with van der Waals surface area (Å²) in [4.78, 5) is 11.8. The average molecular weight is 223 g/mol. The zero-order valence-corrected chi connectivity index (χ0v) is 10.0. The Morgan fingerprint density at radius 1 is 1.40 bits per heavy atom. The molecule has 2 N–H and O–H groups in total. The van der Waals surface area contributed by atoms with Gasteiger partial charge in [-0.1, -0.05) is 29.8 Å². The van der Waals surface area contributed by atoms with E-state index >= 15 is 0 Å². The Hall–Kier alpha value is -0.800. The van der Waals surface area contributed by atoms with Gasteiger partial charge in [0.15, 0.2) is 5.78 Å². The summed E-state index contributed by atoms with van der Waals surface area (Å²) in [5.41, 5.74) is 7.68. The van der Waals surface area contributed by atoms with Crippen LogP contribution in [-0.4, -0.2) is 23.8 Å². The molecule has 1 aromatic rings. The largest absolute Gasteiger partial charge is 0.321 e. The highest BCUT2D eigenvalue weighted by Gasteiger charge is 2.14. The van der Waals surface area contributed by atoms with Crippen molar-refractivity contribution in [2.75, 3.05) is 12.0 Å². The summed E-state index contributed by atoms with van der Waals surface area (Å²) in [5.74, 6) is 0.975. The Labute approximate surface area is 95.2 Å². The molecule has 0 saturated heterocycles. The summed E-state index contributed by atoms with van der Waals surface area (Å²) in [7, 11) is 0. The summed E-state index contributed by atoms with van der Waals surface area (Å²) < 4.78 is 0. The molecule has 1 rings (SSSR count). The van der Waals surface area contributed by atoms with Gasteiger partial charge in [-0.25, -0.2) is 0 Å². The lowest BCUT2D eigenvalue weighted by Gasteiger charge is -2.09. The van der Waals surface area contributed by atoms with E-state index in [0.29, 0.717) is 5.56 Å². The van der Waals surface area contributed by atoms with Crippen LogP contribution in [0, 0.1) is 6.92 Å². The monoisotopic (exact) mass is 223 g/mol. The third-order valence-corrected chi connectivity index (χ3v) is 2.95. The molecule has 0 aliphatic rings. The van der Waals surface area contributed by atoms with Crippen LogP contribution in [0.15, 0.2) is 24.3 Å². The number of aryl methyl sites for hydroxylation is 1. The van der Waals surface area contributed by atoms with Gasteiger partial charge in [-0.3, -0.25) is 4.79 Å². The molecule has 15 heavy (non-hydrogen) atoms. The number of rotatable bonds is 5. The number of ketones is 1. The highest BCUT2D eigenvalue weighted by molar-refractivity contribution is 7.98. The van der Waals surface area contributed by atoms with Gasteiger partial charge in [0.25, 0.3) is 0 Å². The summed E-state index contributed by atoms with van der Waals surface area (Å²) >= 11 is 1.71. The van der Waals surface area contributed by atoms with Crippen LogP contribution in [0.3, 0.4) is 0 Å². The van der Waals surface area contributed by atoms with Crippen molar-refractivity contribution in [3.05, 3.63) is 35.4 Å². The lowest BCUT2D eigenvalue weighted by molar-refractivity contribution is 0.0960. The van der Waals surface area contributed by atoms with Crippen molar-refractivity contribution < 1.29 is 4.79 Å². The van der Waals surface area contributed by atoms with Gasteiger partial charge < -0.3 is 5.73 Å². The first-order valence-corrected chi connectivity index (χ1v) is 6.40. The van der Waals surface area contributed by atoms with E-state index < -0.39 is 0 Å². The highest BCUT2D eigenvalue weighted by atomic mass is 32.2. The summed E-state index contributed by atoms with van der Waals surface area (Å²) in [6.07, 6.45) is 2.76. The SMILES string of the molecule is CSCC[C@@H](N)C(=O)c1ccc(C)cc1. The van der Waals surface area contributed by atoms with Gasteiger partial charge >= 0.3 is 0 Å². The molecule has 82 valence electrons. The maximum Gasteiger partial charge on any atom is 0.179 e. The lowest BCUT2D eigenvalue weighted by atomic mass is 10.0. The fourth-order valence-corrected chi connectivity index (χ4v) is 1.80. The number of carbonyl (C=O) groups is 1. The topological polar surface area (TPSA) is 43.1 Å². The average Bonchev–Trinajstić information content (AvgIpc) is 2.26. The standard InChI is InChI=1S/C12H17NOS/c1-9-3-5-10(6-4-9)12(14)11(13)7-8-15-2/h3-6,11H,7-8,13H2,1-2H3/t11-/m1/s1. The Kier molecular flexibility index (Phi) is 4.85. The van der Waals surface area contributed by atoms with E-state index in [1.165, 1.54) is 0 Å². The number of Topliss-reactive ketones (excluding diaryl/α,β-unsaturated/α-hetero) is 1. The molecule has 0 aromatic heterocycles. The molecule has 0 aliphatic heterocycles. The Morgan fingerprint density at radius 3 is 2.53 bits per heavy atom. The Bertz CT molecular complexity index is 321. The van der Waals surface area contributed by atoms with Crippen molar-refractivity contribution in [3.63, 3.8) is 0 Å². The van der Waals surface area contributed by atoms with E-state index in [1.807, 2.05) is 37.4 Å². The molecule has 0 saturated carbocycles. The van der Waals surface area contributed by atoms with Crippen LogP contribution >= 0.6 is 11.8 Å². The van der Waals surface area contributed by atoms with Crippen molar-refractivity contribution >= 4 is 17.5 Å². The normalized spacial score (nSPS) is 12.5. The predicted octanol–water partition coefficient (Wildman–Crippen LogP) is 2.26. The fraction of sp³-hybridized carbons (Fsp3) is 0.417. The third kappa shape index (κ3) is 3.68. The van der Waals surface area contributed by atoms with E-state index in [1.54, 1.807) is 11.8 Å². The molecule has 0 spiro atoms. The van der Waals surface area contributed by atoms with E-state index in [0.717, 1.165) is 17.7 Å². The molecule has 0 aliphatic carbocycles. The molecule has 2 nitrogen and oxygen atoms in total. The van der Waals surface area contributed by atoms with Crippen LogP contribution in [0.4, 0.5) is 0 Å². The molecule has 0 fully saturated rings. The number of hydrogen-bond acceptors (Lipinski definition) is 3. The lowest BCUT2D eigenvalue weighted by Crippen LogP contribution is -2.31.